The summed E-state index contributed by atoms with van der Waals surface area (Å²) in [6, 6.07) is 5.75. The second kappa shape index (κ2) is 3.40. The fraction of sp³-hybridized carbons (Fsp3) is 0. The van der Waals surface area contributed by atoms with Crippen LogP contribution in [0.3, 0.4) is 0 Å². The van der Waals surface area contributed by atoms with Gasteiger partial charge in [-0.1, -0.05) is 17.7 Å². The summed E-state index contributed by atoms with van der Waals surface area (Å²) in [6.45, 7) is 0. The predicted octanol–water partition coefficient (Wildman–Crippen LogP) is 2.29. The molecule has 0 spiro atoms. The summed E-state index contributed by atoms with van der Waals surface area (Å²) in [4.78, 5) is 14.7. The minimum atomic E-state index is -1.11. The Morgan fingerprint density at radius 1 is 1.33 bits per heavy atom. The lowest BCUT2D eigenvalue weighted by Gasteiger charge is -2.03. The van der Waals surface area contributed by atoms with Crippen molar-refractivity contribution in [1.29, 1.82) is 0 Å². The first-order valence-corrected chi connectivity index (χ1v) is 4.48. The zero-order chi connectivity index (χ0) is 11.0. The average molecular weight is 224 g/mol. The Kier molecular flexibility index (Phi) is 2.21. The number of nitrogens with zero attached hydrogens (tertiary/aromatic N) is 1. The van der Waals surface area contributed by atoms with E-state index in [1.165, 1.54) is 6.07 Å². The molecule has 1 aromatic carbocycles. The molecule has 0 atom stereocenters. The van der Waals surface area contributed by atoms with Crippen LogP contribution in [-0.2, 0) is 0 Å². The molecular weight excluding hydrogens is 218 g/mol. The van der Waals surface area contributed by atoms with E-state index in [0.29, 0.717) is 15.9 Å². The molecule has 2 N–H and O–H groups in total. The molecule has 5 heteroatoms. The summed E-state index contributed by atoms with van der Waals surface area (Å²) < 4.78 is 0. The Bertz CT molecular complexity index is 548. The normalized spacial score (nSPS) is 10.5. The van der Waals surface area contributed by atoms with Crippen molar-refractivity contribution in [2.45, 2.75) is 0 Å². The summed E-state index contributed by atoms with van der Waals surface area (Å²) in [5.41, 5.74) is 0.370. The van der Waals surface area contributed by atoms with Crippen LogP contribution < -0.4 is 0 Å². The quantitative estimate of drug-likeness (QED) is 0.778. The van der Waals surface area contributed by atoms with Gasteiger partial charge in [-0.2, -0.15) is 0 Å². The molecule has 4 nitrogen and oxygen atoms in total. The lowest BCUT2D eigenvalue weighted by atomic mass is 10.1. The van der Waals surface area contributed by atoms with Gasteiger partial charge in [-0.15, -0.1) is 0 Å². The molecule has 1 heterocycles. The summed E-state index contributed by atoms with van der Waals surface area (Å²) in [7, 11) is 0. The standard InChI is InChI=1S/C10H6ClNO3/c11-5-1-2-6-7(10(14)15)4-9(13)12-8(6)3-5/h1-4H,(H,12,13)(H,14,15). The molecule has 2 aromatic rings. The van der Waals surface area contributed by atoms with Gasteiger partial charge in [-0.05, 0) is 12.1 Å². The minimum Gasteiger partial charge on any atom is -0.493 e. The fourth-order valence-corrected chi connectivity index (χ4v) is 1.53. The molecule has 0 aliphatic carbocycles. The number of aromatic nitrogens is 1. The predicted molar refractivity (Wildman–Crippen MR) is 55.4 cm³/mol. The third kappa shape index (κ3) is 1.71. The number of carbonyl (C=O) groups is 1. The summed E-state index contributed by atoms with van der Waals surface area (Å²) in [6.07, 6.45) is 0. The van der Waals surface area contributed by atoms with Crippen LogP contribution in [0.2, 0.25) is 5.02 Å². The van der Waals surface area contributed by atoms with Gasteiger partial charge < -0.3 is 10.2 Å². The van der Waals surface area contributed by atoms with Crippen LogP contribution in [0.15, 0.2) is 24.3 Å². The van der Waals surface area contributed by atoms with Crippen LogP contribution in [-0.4, -0.2) is 21.2 Å². The Labute approximate surface area is 89.8 Å². The third-order valence-corrected chi connectivity index (χ3v) is 2.22. The first-order chi connectivity index (χ1) is 7.08. The molecule has 0 saturated carbocycles. The Balaban J connectivity index is 2.86. The molecule has 0 aliphatic rings. The van der Waals surface area contributed by atoms with Crippen molar-refractivity contribution in [3.63, 3.8) is 0 Å². The van der Waals surface area contributed by atoms with Crippen LogP contribution in [0.5, 0.6) is 5.88 Å². The molecule has 0 radical (unpaired) electrons. The van der Waals surface area contributed by atoms with Gasteiger partial charge in [0, 0.05) is 16.5 Å². The van der Waals surface area contributed by atoms with Crippen LogP contribution in [0.4, 0.5) is 0 Å². The first kappa shape index (κ1) is 9.73. The number of hydrogen-bond donors (Lipinski definition) is 2. The van der Waals surface area contributed by atoms with Crippen molar-refractivity contribution in [3.8, 4) is 5.88 Å². The van der Waals surface area contributed by atoms with Crippen molar-refractivity contribution in [2.24, 2.45) is 0 Å². The number of rotatable bonds is 1. The maximum absolute atomic E-state index is 10.9. The number of carboxylic acids is 1. The largest absolute Gasteiger partial charge is 0.493 e. The molecule has 1 aromatic heterocycles. The molecule has 0 saturated heterocycles. The number of aromatic hydroxyl groups is 1. The van der Waals surface area contributed by atoms with Gasteiger partial charge in [-0.25, -0.2) is 9.78 Å². The highest BCUT2D eigenvalue weighted by atomic mass is 35.5. The monoisotopic (exact) mass is 223 g/mol. The minimum absolute atomic E-state index is 0.00849. The summed E-state index contributed by atoms with van der Waals surface area (Å²) >= 11 is 5.73. The van der Waals surface area contributed by atoms with Crippen molar-refractivity contribution < 1.29 is 15.0 Å². The van der Waals surface area contributed by atoms with Crippen LogP contribution >= 0.6 is 11.6 Å². The highest BCUT2D eigenvalue weighted by Crippen LogP contribution is 2.24. The van der Waals surface area contributed by atoms with Crippen LogP contribution in [0, 0.1) is 0 Å². The van der Waals surface area contributed by atoms with Crippen molar-refractivity contribution in [1.82, 2.24) is 4.98 Å². The van der Waals surface area contributed by atoms with Gasteiger partial charge in [0.25, 0.3) is 0 Å². The number of carboxylic acid groups (broad SMARTS) is 1. The molecule has 0 aliphatic heterocycles. The molecular formula is C10H6ClNO3. The maximum atomic E-state index is 10.9. The smallest absolute Gasteiger partial charge is 0.336 e. The lowest BCUT2D eigenvalue weighted by Crippen LogP contribution is -1.98. The zero-order valence-electron chi connectivity index (χ0n) is 7.44. The van der Waals surface area contributed by atoms with E-state index in [9.17, 15) is 9.90 Å². The topological polar surface area (TPSA) is 70.4 Å². The zero-order valence-corrected chi connectivity index (χ0v) is 8.19. The molecule has 0 unspecified atom stereocenters. The van der Waals surface area contributed by atoms with Gasteiger partial charge in [0.1, 0.15) is 0 Å². The van der Waals surface area contributed by atoms with E-state index in [4.69, 9.17) is 16.7 Å². The molecule has 76 valence electrons. The summed E-state index contributed by atoms with van der Waals surface area (Å²) in [5, 5.41) is 19.0. The maximum Gasteiger partial charge on any atom is 0.336 e. The second-order valence-electron chi connectivity index (χ2n) is 2.99. The first-order valence-electron chi connectivity index (χ1n) is 4.10. The van der Waals surface area contributed by atoms with E-state index in [1.54, 1.807) is 12.1 Å². The summed E-state index contributed by atoms with van der Waals surface area (Å²) in [5.74, 6) is -1.44. The van der Waals surface area contributed by atoms with Crippen LogP contribution in [0.25, 0.3) is 10.9 Å². The van der Waals surface area contributed by atoms with Crippen molar-refractivity contribution >= 4 is 28.5 Å². The van der Waals surface area contributed by atoms with Gasteiger partial charge >= 0.3 is 5.97 Å². The van der Waals surface area contributed by atoms with E-state index in [-0.39, 0.29) is 11.4 Å². The SMILES string of the molecule is O=C(O)c1cc(O)nc2cc(Cl)ccc12. The van der Waals surface area contributed by atoms with Crippen molar-refractivity contribution in [2.75, 3.05) is 0 Å². The number of halogens is 1. The number of benzene rings is 1. The van der Waals surface area contributed by atoms with E-state index in [0.717, 1.165) is 6.07 Å². The molecule has 0 bridgehead atoms. The second-order valence-corrected chi connectivity index (χ2v) is 3.43. The highest BCUT2D eigenvalue weighted by Gasteiger charge is 2.11. The van der Waals surface area contributed by atoms with E-state index in [2.05, 4.69) is 4.98 Å². The van der Waals surface area contributed by atoms with Gasteiger partial charge in [-0.3, -0.25) is 0 Å². The average Bonchev–Trinajstić information content (AvgIpc) is 2.15. The van der Waals surface area contributed by atoms with E-state index >= 15 is 0 Å². The van der Waals surface area contributed by atoms with Crippen molar-refractivity contribution in [3.05, 3.63) is 34.9 Å². The number of aromatic carboxylic acids is 1. The van der Waals surface area contributed by atoms with Gasteiger partial charge in [0.15, 0.2) is 0 Å². The lowest BCUT2D eigenvalue weighted by molar-refractivity contribution is 0.0698. The van der Waals surface area contributed by atoms with Crippen LogP contribution in [0.1, 0.15) is 10.4 Å². The molecule has 2 rings (SSSR count). The Morgan fingerprint density at radius 3 is 2.73 bits per heavy atom. The molecule has 15 heavy (non-hydrogen) atoms. The van der Waals surface area contributed by atoms with E-state index < -0.39 is 5.97 Å². The number of fused-ring (bicyclic) bond motifs is 1. The van der Waals surface area contributed by atoms with E-state index in [1.807, 2.05) is 0 Å². The number of pyridine rings is 1. The van der Waals surface area contributed by atoms with Gasteiger partial charge in [0.05, 0.1) is 11.1 Å². The van der Waals surface area contributed by atoms with Gasteiger partial charge in [0.2, 0.25) is 5.88 Å². The highest BCUT2D eigenvalue weighted by molar-refractivity contribution is 6.31. The third-order valence-electron chi connectivity index (χ3n) is 1.99. The fourth-order valence-electron chi connectivity index (χ4n) is 1.36. The molecule has 0 fully saturated rings. The number of hydrogen-bond acceptors (Lipinski definition) is 3. The Hall–Kier alpha value is -1.81. The Morgan fingerprint density at radius 2 is 2.07 bits per heavy atom. The molecule has 0 amide bonds.